The van der Waals surface area contributed by atoms with Gasteiger partial charge in [0.05, 0.1) is 23.7 Å². The molecule has 1 N–H and O–H groups in total. The number of nitrogens with zero attached hydrogens (tertiary/aromatic N) is 2. The highest BCUT2D eigenvalue weighted by Crippen LogP contribution is 2.28. The van der Waals surface area contributed by atoms with Crippen LogP contribution in [-0.4, -0.2) is 39.2 Å². The Balaban J connectivity index is 2.20. The summed E-state index contributed by atoms with van der Waals surface area (Å²) >= 11 is 11.7. The SMILES string of the molecule is Cn1c(C(=O)N2CC(C)(O)C2)cc(Cl)c1Cl. The van der Waals surface area contributed by atoms with Crippen molar-refractivity contribution in [3.63, 3.8) is 0 Å². The molecule has 1 fully saturated rings. The molecule has 0 atom stereocenters. The van der Waals surface area contributed by atoms with Crippen LogP contribution in [0.1, 0.15) is 17.4 Å². The molecule has 0 radical (unpaired) electrons. The van der Waals surface area contributed by atoms with Crippen LogP contribution in [-0.2, 0) is 7.05 Å². The van der Waals surface area contributed by atoms with Crippen LogP contribution >= 0.6 is 23.2 Å². The van der Waals surface area contributed by atoms with Crippen molar-refractivity contribution in [1.82, 2.24) is 9.47 Å². The Kier molecular flexibility index (Phi) is 2.69. The van der Waals surface area contributed by atoms with E-state index in [0.29, 0.717) is 29.0 Å². The second-order valence-electron chi connectivity index (χ2n) is 4.39. The fraction of sp³-hybridized carbons (Fsp3) is 0.500. The first-order chi connectivity index (χ1) is 7.32. The molecule has 1 saturated heterocycles. The van der Waals surface area contributed by atoms with Gasteiger partial charge in [0.1, 0.15) is 10.8 Å². The molecule has 1 aliphatic heterocycles. The second-order valence-corrected chi connectivity index (χ2v) is 5.15. The summed E-state index contributed by atoms with van der Waals surface area (Å²) in [6, 6.07) is 1.54. The van der Waals surface area contributed by atoms with Gasteiger partial charge in [0.2, 0.25) is 0 Å². The molecule has 0 unspecified atom stereocenters. The minimum absolute atomic E-state index is 0.164. The number of aromatic nitrogens is 1. The molecule has 1 aromatic rings. The maximum absolute atomic E-state index is 12.0. The predicted molar refractivity (Wildman–Crippen MR) is 62.0 cm³/mol. The van der Waals surface area contributed by atoms with Crippen LogP contribution in [0, 0.1) is 0 Å². The van der Waals surface area contributed by atoms with E-state index in [0.717, 1.165) is 0 Å². The van der Waals surface area contributed by atoms with Crippen molar-refractivity contribution in [2.45, 2.75) is 12.5 Å². The van der Waals surface area contributed by atoms with E-state index in [1.165, 1.54) is 0 Å². The summed E-state index contributed by atoms with van der Waals surface area (Å²) in [6.07, 6.45) is 0. The molecular weight excluding hydrogens is 251 g/mol. The molecule has 2 rings (SSSR count). The van der Waals surface area contributed by atoms with E-state index in [4.69, 9.17) is 23.2 Å². The summed E-state index contributed by atoms with van der Waals surface area (Å²) in [5, 5.41) is 10.3. The second kappa shape index (κ2) is 3.65. The molecule has 1 amide bonds. The number of likely N-dealkylation sites (tertiary alicyclic amines) is 1. The van der Waals surface area contributed by atoms with Gasteiger partial charge >= 0.3 is 0 Å². The average molecular weight is 263 g/mol. The van der Waals surface area contributed by atoms with Gasteiger partial charge in [-0.15, -0.1) is 0 Å². The lowest BCUT2D eigenvalue weighted by atomic mass is 9.96. The topological polar surface area (TPSA) is 45.5 Å². The number of halogens is 2. The number of carbonyl (C=O) groups is 1. The molecule has 88 valence electrons. The molecule has 1 aliphatic rings. The fourth-order valence-electron chi connectivity index (χ4n) is 1.83. The first-order valence-electron chi connectivity index (χ1n) is 4.84. The van der Waals surface area contributed by atoms with E-state index < -0.39 is 5.60 Å². The third-order valence-corrected chi connectivity index (χ3v) is 3.53. The molecule has 4 nitrogen and oxygen atoms in total. The number of rotatable bonds is 1. The highest BCUT2D eigenvalue weighted by Gasteiger charge is 2.40. The fourth-order valence-corrected chi connectivity index (χ4v) is 2.20. The van der Waals surface area contributed by atoms with Crippen molar-refractivity contribution in [2.24, 2.45) is 7.05 Å². The van der Waals surface area contributed by atoms with Crippen molar-refractivity contribution in [2.75, 3.05) is 13.1 Å². The Morgan fingerprint density at radius 1 is 1.50 bits per heavy atom. The molecule has 0 aliphatic carbocycles. The van der Waals surface area contributed by atoms with Crippen LogP contribution in [0.3, 0.4) is 0 Å². The third kappa shape index (κ3) is 1.81. The number of carbonyl (C=O) groups excluding carboxylic acids is 1. The minimum atomic E-state index is -0.769. The van der Waals surface area contributed by atoms with Gasteiger partial charge in [0.25, 0.3) is 5.91 Å². The Labute approximate surface area is 103 Å². The monoisotopic (exact) mass is 262 g/mol. The third-order valence-electron chi connectivity index (χ3n) is 2.69. The predicted octanol–water partition coefficient (Wildman–Crippen LogP) is 1.54. The Bertz CT molecular complexity index is 446. The van der Waals surface area contributed by atoms with Gasteiger partial charge in [-0.25, -0.2) is 0 Å². The zero-order valence-corrected chi connectivity index (χ0v) is 10.5. The van der Waals surface area contributed by atoms with Crippen molar-refractivity contribution >= 4 is 29.1 Å². The quantitative estimate of drug-likeness (QED) is 0.835. The zero-order valence-electron chi connectivity index (χ0n) is 9.00. The van der Waals surface area contributed by atoms with Crippen molar-refractivity contribution in [3.05, 3.63) is 21.9 Å². The lowest BCUT2D eigenvalue weighted by Gasteiger charge is -2.44. The van der Waals surface area contributed by atoms with Gasteiger partial charge < -0.3 is 14.6 Å². The summed E-state index contributed by atoms with van der Waals surface area (Å²) in [5.41, 5.74) is -0.334. The Morgan fingerprint density at radius 2 is 2.06 bits per heavy atom. The summed E-state index contributed by atoms with van der Waals surface area (Å²) in [5.74, 6) is -0.164. The average Bonchev–Trinajstić information content (AvgIpc) is 2.41. The first-order valence-corrected chi connectivity index (χ1v) is 5.60. The number of amides is 1. The van der Waals surface area contributed by atoms with Crippen LogP contribution in [0.5, 0.6) is 0 Å². The summed E-state index contributed by atoms with van der Waals surface area (Å²) in [4.78, 5) is 13.5. The maximum atomic E-state index is 12.0. The van der Waals surface area contributed by atoms with Gasteiger partial charge in [0.15, 0.2) is 0 Å². The highest BCUT2D eigenvalue weighted by molar-refractivity contribution is 6.41. The van der Waals surface area contributed by atoms with Crippen LogP contribution < -0.4 is 0 Å². The summed E-state index contributed by atoms with van der Waals surface area (Å²) in [7, 11) is 1.68. The summed E-state index contributed by atoms with van der Waals surface area (Å²) in [6.45, 7) is 2.38. The van der Waals surface area contributed by atoms with Crippen LogP contribution in [0.15, 0.2) is 6.07 Å². The zero-order chi connectivity index (χ0) is 12.1. The van der Waals surface area contributed by atoms with E-state index in [9.17, 15) is 9.90 Å². The molecule has 0 spiro atoms. The van der Waals surface area contributed by atoms with E-state index in [1.807, 2.05) is 0 Å². The summed E-state index contributed by atoms with van der Waals surface area (Å²) < 4.78 is 1.54. The number of hydrogen-bond donors (Lipinski definition) is 1. The molecule has 2 heterocycles. The molecule has 0 aromatic carbocycles. The van der Waals surface area contributed by atoms with Gasteiger partial charge in [-0.3, -0.25) is 4.79 Å². The smallest absolute Gasteiger partial charge is 0.270 e. The minimum Gasteiger partial charge on any atom is -0.386 e. The molecule has 16 heavy (non-hydrogen) atoms. The first kappa shape index (κ1) is 11.8. The van der Waals surface area contributed by atoms with Crippen molar-refractivity contribution in [1.29, 1.82) is 0 Å². The maximum Gasteiger partial charge on any atom is 0.270 e. The normalized spacial score (nSPS) is 18.4. The van der Waals surface area contributed by atoms with E-state index in [-0.39, 0.29) is 5.91 Å². The van der Waals surface area contributed by atoms with Crippen LogP contribution in [0.25, 0.3) is 0 Å². The van der Waals surface area contributed by atoms with Crippen LogP contribution in [0.4, 0.5) is 0 Å². The molecule has 0 saturated carbocycles. The van der Waals surface area contributed by atoms with Crippen molar-refractivity contribution in [3.8, 4) is 0 Å². The Hall–Kier alpha value is -0.710. The highest BCUT2D eigenvalue weighted by atomic mass is 35.5. The van der Waals surface area contributed by atoms with Gasteiger partial charge in [-0.1, -0.05) is 23.2 Å². The standard InChI is InChI=1S/C10H12Cl2N2O2/c1-10(16)4-14(5-10)9(15)7-3-6(11)8(12)13(7)2/h3,16H,4-5H2,1-2H3. The van der Waals surface area contributed by atoms with E-state index >= 15 is 0 Å². The molecular formula is C10H12Cl2N2O2. The molecule has 6 heteroatoms. The lowest BCUT2D eigenvalue weighted by Crippen LogP contribution is -2.61. The largest absolute Gasteiger partial charge is 0.386 e. The Morgan fingerprint density at radius 3 is 2.44 bits per heavy atom. The molecule has 0 bridgehead atoms. The van der Waals surface area contributed by atoms with Gasteiger partial charge in [0, 0.05) is 7.05 Å². The van der Waals surface area contributed by atoms with Gasteiger partial charge in [-0.2, -0.15) is 0 Å². The van der Waals surface area contributed by atoms with Crippen LogP contribution in [0.2, 0.25) is 10.2 Å². The number of aliphatic hydroxyl groups is 1. The molecule has 1 aromatic heterocycles. The lowest BCUT2D eigenvalue weighted by molar-refractivity contribution is -0.0671. The van der Waals surface area contributed by atoms with Gasteiger partial charge in [-0.05, 0) is 13.0 Å². The number of hydrogen-bond acceptors (Lipinski definition) is 2. The van der Waals surface area contributed by atoms with Crippen molar-refractivity contribution < 1.29 is 9.90 Å². The van der Waals surface area contributed by atoms with E-state index in [2.05, 4.69) is 0 Å². The van der Waals surface area contributed by atoms with E-state index in [1.54, 1.807) is 29.5 Å². The number of β-amino-alcohol motifs (C(OH)–C–C–N with tert-alkyl or cyclic N) is 1.